The SMILES string of the molecule is NCCCCCCNC(=O)Nc1cccc(C(F)(F)F)c1. The van der Waals surface area contributed by atoms with Gasteiger partial charge in [0.05, 0.1) is 5.56 Å². The number of benzene rings is 1. The Kier molecular flexibility index (Phi) is 7.01. The molecule has 7 heteroatoms. The quantitative estimate of drug-likeness (QED) is 0.676. The number of anilines is 1. The van der Waals surface area contributed by atoms with Crippen LogP contribution in [-0.4, -0.2) is 19.1 Å². The summed E-state index contributed by atoms with van der Waals surface area (Å²) in [5, 5.41) is 4.99. The molecule has 0 atom stereocenters. The van der Waals surface area contributed by atoms with E-state index in [9.17, 15) is 18.0 Å². The van der Waals surface area contributed by atoms with E-state index in [-0.39, 0.29) is 5.69 Å². The molecule has 1 rings (SSSR count). The van der Waals surface area contributed by atoms with Gasteiger partial charge in [0.25, 0.3) is 0 Å². The summed E-state index contributed by atoms with van der Waals surface area (Å²) in [6.07, 6.45) is -0.682. The van der Waals surface area contributed by atoms with Gasteiger partial charge in [-0.3, -0.25) is 0 Å². The maximum atomic E-state index is 12.5. The molecule has 118 valence electrons. The molecule has 0 saturated heterocycles. The molecule has 0 fully saturated rings. The van der Waals surface area contributed by atoms with Gasteiger partial charge in [0.15, 0.2) is 0 Å². The number of carbonyl (C=O) groups is 1. The van der Waals surface area contributed by atoms with Gasteiger partial charge in [-0.25, -0.2) is 4.79 Å². The number of amides is 2. The van der Waals surface area contributed by atoms with E-state index in [1.165, 1.54) is 12.1 Å². The number of hydrogen-bond acceptors (Lipinski definition) is 2. The molecule has 0 aliphatic rings. The Morgan fingerprint density at radius 1 is 1.14 bits per heavy atom. The van der Waals surface area contributed by atoms with Gasteiger partial charge in [0.2, 0.25) is 0 Å². The smallest absolute Gasteiger partial charge is 0.338 e. The molecule has 1 aromatic carbocycles. The van der Waals surface area contributed by atoms with Crippen molar-refractivity contribution in [2.45, 2.75) is 31.9 Å². The zero-order chi connectivity index (χ0) is 15.7. The Balaban J connectivity index is 2.35. The Morgan fingerprint density at radius 3 is 2.52 bits per heavy atom. The highest BCUT2D eigenvalue weighted by Gasteiger charge is 2.30. The van der Waals surface area contributed by atoms with Crippen molar-refractivity contribution < 1.29 is 18.0 Å². The minimum absolute atomic E-state index is 0.116. The predicted molar refractivity (Wildman–Crippen MR) is 76.0 cm³/mol. The fourth-order valence-electron chi connectivity index (χ4n) is 1.77. The van der Waals surface area contributed by atoms with Gasteiger partial charge in [-0.2, -0.15) is 13.2 Å². The average Bonchev–Trinajstić information content (AvgIpc) is 2.42. The van der Waals surface area contributed by atoms with Crippen molar-refractivity contribution in [3.63, 3.8) is 0 Å². The van der Waals surface area contributed by atoms with Crippen LogP contribution < -0.4 is 16.4 Å². The van der Waals surface area contributed by atoms with Gasteiger partial charge >= 0.3 is 12.2 Å². The summed E-state index contributed by atoms with van der Waals surface area (Å²) in [5.74, 6) is 0. The standard InChI is InChI=1S/C14H20F3N3O/c15-14(16,17)11-6-5-7-12(10-11)20-13(21)19-9-4-2-1-3-8-18/h5-7,10H,1-4,8-9,18H2,(H2,19,20,21). The molecule has 1 aromatic rings. The number of halogens is 3. The summed E-state index contributed by atoms with van der Waals surface area (Å²) in [5.41, 5.74) is 4.69. The summed E-state index contributed by atoms with van der Waals surface area (Å²) < 4.78 is 37.6. The Bertz CT molecular complexity index is 449. The van der Waals surface area contributed by atoms with Gasteiger partial charge < -0.3 is 16.4 Å². The fourth-order valence-corrected chi connectivity index (χ4v) is 1.77. The molecular formula is C14H20F3N3O. The van der Waals surface area contributed by atoms with Crippen molar-refractivity contribution in [1.82, 2.24) is 5.32 Å². The van der Waals surface area contributed by atoms with Crippen molar-refractivity contribution in [1.29, 1.82) is 0 Å². The molecule has 2 amide bonds. The van der Waals surface area contributed by atoms with Crippen LogP contribution in [0.15, 0.2) is 24.3 Å². The number of nitrogens with two attached hydrogens (primary N) is 1. The van der Waals surface area contributed by atoms with Crippen LogP contribution in [0.5, 0.6) is 0 Å². The van der Waals surface area contributed by atoms with E-state index >= 15 is 0 Å². The Morgan fingerprint density at radius 2 is 1.86 bits per heavy atom. The van der Waals surface area contributed by atoms with Crippen LogP contribution in [0, 0.1) is 0 Å². The van der Waals surface area contributed by atoms with E-state index in [1.54, 1.807) is 0 Å². The molecule has 4 nitrogen and oxygen atoms in total. The first-order valence-electron chi connectivity index (χ1n) is 6.85. The van der Waals surface area contributed by atoms with Gasteiger partial charge in [0, 0.05) is 12.2 Å². The lowest BCUT2D eigenvalue weighted by Crippen LogP contribution is -2.29. The lowest BCUT2D eigenvalue weighted by molar-refractivity contribution is -0.137. The fraction of sp³-hybridized carbons (Fsp3) is 0.500. The van der Waals surface area contributed by atoms with Crippen molar-refractivity contribution in [3.05, 3.63) is 29.8 Å². The van der Waals surface area contributed by atoms with Gasteiger partial charge in [0.1, 0.15) is 0 Å². The minimum Gasteiger partial charge on any atom is -0.338 e. The monoisotopic (exact) mass is 303 g/mol. The zero-order valence-electron chi connectivity index (χ0n) is 11.7. The second-order valence-electron chi connectivity index (χ2n) is 4.66. The molecule has 0 aliphatic heterocycles. The molecule has 0 radical (unpaired) electrons. The maximum Gasteiger partial charge on any atom is 0.416 e. The van der Waals surface area contributed by atoms with Crippen LogP contribution in [0.1, 0.15) is 31.2 Å². The van der Waals surface area contributed by atoms with Gasteiger partial charge in [-0.1, -0.05) is 18.9 Å². The van der Waals surface area contributed by atoms with Crippen molar-refractivity contribution in [2.75, 3.05) is 18.4 Å². The molecule has 21 heavy (non-hydrogen) atoms. The van der Waals surface area contributed by atoms with Crippen molar-refractivity contribution in [2.24, 2.45) is 5.73 Å². The second kappa shape index (κ2) is 8.51. The third kappa shape index (κ3) is 6.99. The number of unbranched alkanes of at least 4 members (excludes halogenated alkanes) is 3. The molecule has 0 aromatic heterocycles. The summed E-state index contributed by atoms with van der Waals surface area (Å²) in [4.78, 5) is 11.5. The highest BCUT2D eigenvalue weighted by molar-refractivity contribution is 5.89. The normalized spacial score (nSPS) is 11.2. The van der Waals surface area contributed by atoms with E-state index in [0.29, 0.717) is 13.1 Å². The summed E-state index contributed by atoms with van der Waals surface area (Å²) in [7, 11) is 0. The van der Waals surface area contributed by atoms with Crippen LogP contribution in [0.3, 0.4) is 0 Å². The topological polar surface area (TPSA) is 67.1 Å². The zero-order valence-corrected chi connectivity index (χ0v) is 11.7. The lowest BCUT2D eigenvalue weighted by atomic mass is 10.2. The molecule has 0 saturated carbocycles. The molecule has 0 bridgehead atoms. The molecule has 4 N–H and O–H groups in total. The number of hydrogen-bond donors (Lipinski definition) is 3. The second-order valence-corrected chi connectivity index (χ2v) is 4.66. The average molecular weight is 303 g/mol. The first kappa shape index (κ1) is 17.3. The van der Waals surface area contributed by atoms with E-state index < -0.39 is 17.8 Å². The highest BCUT2D eigenvalue weighted by Crippen LogP contribution is 2.30. The molecule has 0 aliphatic carbocycles. The van der Waals surface area contributed by atoms with Crippen LogP contribution in [0.25, 0.3) is 0 Å². The van der Waals surface area contributed by atoms with Crippen LogP contribution >= 0.6 is 0 Å². The Hall–Kier alpha value is -1.76. The third-order valence-corrected chi connectivity index (χ3v) is 2.86. The van der Waals surface area contributed by atoms with Crippen LogP contribution in [0.2, 0.25) is 0 Å². The van der Waals surface area contributed by atoms with Gasteiger partial charge in [-0.05, 0) is 37.6 Å². The number of rotatable bonds is 7. The largest absolute Gasteiger partial charge is 0.416 e. The third-order valence-electron chi connectivity index (χ3n) is 2.86. The Labute approximate surface area is 121 Å². The number of urea groups is 1. The van der Waals surface area contributed by atoms with Gasteiger partial charge in [-0.15, -0.1) is 0 Å². The van der Waals surface area contributed by atoms with E-state index in [2.05, 4.69) is 10.6 Å². The van der Waals surface area contributed by atoms with E-state index in [0.717, 1.165) is 37.8 Å². The predicted octanol–water partition coefficient (Wildman–Crippen LogP) is 3.35. The minimum atomic E-state index is -4.42. The highest BCUT2D eigenvalue weighted by atomic mass is 19.4. The van der Waals surface area contributed by atoms with Crippen LogP contribution in [-0.2, 0) is 6.18 Å². The maximum absolute atomic E-state index is 12.5. The molecule has 0 spiro atoms. The first-order chi connectivity index (χ1) is 9.93. The number of carbonyl (C=O) groups excluding carboxylic acids is 1. The van der Waals surface area contributed by atoms with Crippen molar-refractivity contribution >= 4 is 11.7 Å². The molecule has 0 heterocycles. The molecule has 0 unspecified atom stereocenters. The first-order valence-corrected chi connectivity index (χ1v) is 6.85. The lowest BCUT2D eigenvalue weighted by Gasteiger charge is -2.10. The van der Waals surface area contributed by atoms with Crippen molar-refractivity contribution in [3.8, 4) is 0 Å². The van der Waals surface area contributed by atoms with E-state index in [4.69, 9.17) is 5.73 Å². The number of alkyl halides is 3. The summed E-state index contributed by atoms with van der Waals surface area (Å²) in [6.45, 7) is 1.14. The van der Waals surface area contributed by atoms with Crippen LogP contribution in [0.4, 0.5) is 23.7 Å². The number of nitrogens with one attached hydrogen (secondary N) is 2. The molecular weight excluding hydrogens is 283 g/mol. The summed E-state index contributed by atoms with van der Waals surface area (Å²) >= 11 is 0. The van der Waals surface area contributed by atoms with E-state index in [1.807, 2.05) is 0 Å². The summed E-state index contributed by atoms with van der Waals surface area (Å²) in [6, 6.07) is 4.02.